The number of rotatable bonds is 15. The summed E-state index contributed by atoms with van der Waals surface area (Å²) in [5.74, 6) is 2.21. The number of benzene rings is 21. The fraction of sp³-hybridized carbons (Fsp3) is 0. The van der Waals surface area contributed by atoms with Gasteiger partial charge in [0, 0.05) is 113 Å². The number of para-hydroxylation sites is 5. The maximum Gasteiger partial charge on any atom is 0.160 e. The Morgan fingerprint density at radius 1 is 0.147 bits per heavy atom. The van der Waals surface area contributed by atoms with Crippen molar-refractivity contribution in [1.29, 1.82) is 0 Å². The highest BCUT2D eigenvalue weighted by Gasteiger charge is 2.27. The van der Waals surface area contributed by atoms with Crippen molar-refractivity contribution in [1.82, 2.24) is 43.6 Å². The molecule has 9 aromatic heterocycles. The lowest BCUT2D eigenvalue weighted by Gasteiger charge is -2.11. The molecule has 12 heteroatoms. The van der Waals surface area contributed by atoms with E-state index in [1.165, 1.54) is 151 Å². The molecule has 21 aromatic carbocycles. The Labute approximate surface area is 876 Å². The molecule has 0 amide bonds. The molecule has 0 aliphatic carbocycles. The molecule has 0 unspecified atom stereocenters. The maximum absolute atomic E-state index is 5.29. The average Bonchev–Trinajstić information content (AvgIpc) is 1.59. The van der Waals surface area contributed by atoms with Gasteiger partial charge in [-0.2, -0.15) is 0 Å². The Morgan fingerprint density at radius 2 is 0.360 bits per heavy atom. The molecule has 9 nitrogen and oxygen atoms in total. The summed E-state index contributed by atoms with van der Waals surface area (Å²) in [6.07, 6.45) is 0. The number of thiophene rings is 3. The van der Waals surface area contributed by atoms with Crippen LogP contribution < -0.4 is 0 Å². The van der Waals surface area contributed by atoms with Crippen molar-refractivity contribution in [2.75, 3.05) is 0 Å². The molecule has 0 saturated carbocycles. The molecule has 0 atom stereocenters. The van der Waals surface area contributed by atoms with Gasteiger partial charge in [-0.1, -0.05) is 431 Å². The summed E-state index contributed by atoms with van der Waals surface area (Å²) in [6.45, 7) is 0. The highest BCUT2D eigenvalue weighted by molar-refractivity contribution is 7.27. The molecule has 0 N–H and O–H groups in total. The van der Waals surface area contributed by atoms with Crippen molar-refractivity contribution >= 4 is 160 Å². The van der Waals surface area contributed by atoms with E-state index < -0.39 is 0 Å². The van der Waals surface area contributed by atoms with E-state index in [9.17, 15) is 0 Å². The summed E-state index contributed by atoms with van der Waals surface area (Å²) in [4.78, 5) is 31.3. The number of aromatic nitrogens is 9. The fourth-order valence-electron chi connectivity index (χ4n) is 21.8. The minimum Gasteiger partial charge on any atom is -0.309 e. The second kappa shape index (κ2) is 37.8. The van der Waals surface area contributed by atoms with Gasteiger partial charge in [0.1, 0.15) is 0 Å². The summed E-state index contributed by atoms with van der Waals surface area (Å²) in [5, 5.41) is 11.1. The third-order valence-corrected chi connectivity index (χ3v) is 32.4. The molecule has 0 radical (unpaired) electrons. The molecule has 0 spiro atoms. The van der Waals surface area contributed by atoms with Gasteiger partial charge in [-0.05, 0) is 164 Å². The van der Waals surface area contributed by atoms with Gasteiger partial charge in [0.25, 0.3) is 0 Å². The number of nitrogens with zero attached hydrogens (tertiary/aromatic N) is 9. The zero-order chi connectivity index (χ0) is 99.1. The highest BCUT2D eigenvalue weighted by Crippen LogP contribution is 2.50. The topological polar surface area (TPSA) is 92.1 Å². The van der Waals surface area contributed by atoms with E-state index in [-0.39, 0.29) is 0 Å². The first kappa shape index (κ1) is 88.6. The van der Waals surface area contributed by atoms with Gasteiger partial charge in [-0.3, -0.25) is 0 Å². The summed E-state index contributed by atoms with van der Waals surface area (Å²) < 4.78 is 14.0. The molecular weight excluding hydrogens is 1880 g/mol. The smallest absolute Gasteiger partial charge is 0.160 e. The van der Waals surface area contributed by atoms with Gasteiger partial charge >= 0.3 is 0 Å². The van der Waals surface area contributed by atoms with Gasteiger partial charge in [0.15, 0.2) is 17.5 Å². The first-order valence-electron chi connectivity index (χ1n) is 50.5. The van der Waals surface area contributed by atoms with Crippen molar-refractivity contribution in [2.45, 2.75) is 0 Å². The normalized spacial score (nSPS) is 11.6. The summed E-state index contributed by atoms with van der Waals surface area (Å²) in [5.41, 5.74) is 37.1. The Hall–Kier alpha value is -19.1. The molecule has 0 aliphatic rings. The molecular formula is C138H87N9S3. The summed E-state index contributed by atoms with van der Waals surface area (Å²) >= 11 is 5.31. The maximum atomic E-state index is 5.29. The van der Waals surface area contributed by atoms with Gasteiger partial charge < -0.3 is 13.7 Å². The molecule has 30 rings (SSSR count). The van der Waals surface area contributed by atoms with Crippen LogP contribution >= 0.6 is 34.0 Å². The lowest BCUT2D eigenvalue weighted by molar-refractivity contribution is 1.18. The molecule has 702 valence electrons. The van der Waals surface area contributed by atoms with E-state index in [1.54, 1.807) is 34.0 Å². The van der Waals surface area contributed by atoms with Crippen LogP contribution in [-0.2, 0) is 0 Å². The Bertz CT molecular complexity index is 10300. The third-order valence-electron chi connectivity index (χ3n) is 28.9. The van der Waals surface area contributed by atoms with Gasteiger partial charge in [0.05, 0.1) is 80.8 Å². The van der Waals surface area contributed by atoms with E-state index in [1.807, 2.05) is 66.7 Å². The first-order chi connectivity index (χ1) is 74.4. The second-order valence-electron chi connectivity index (χ2n) is 37.7. The molecule has 9 heterocycles. The lowest BCUT2D eigenvalue weighted by atomic mass is 9.97. The van der Waals surface area contributed by atoms with Crippen LogP contribution in [0.3, 0.4) is 0 Å². The lowest BCUT2D eigenvalue weighted by Crippen LogP contribution is -1.94. The Balaban J connectivity index is 0.000000108. The van der Waals surface area contributed by atoms with Crippen LogP contribution in [0, 0.1) is 0 Å². The van der Waals surface area contributed by atoms with Crippen molar-refractivity contribution in [3.05, 3.63) is 528 Å². The first-order valence-corrected chi connectivity index (χ1v) is 53.0. The summed E-state index contributed by atoms with van der Waals surface area (Å²) in [6, 6.07) is 187. The highest BCUT2D eigenvalue weighted by atomic mass is 32.1. The molecule has 0 saturated heterocycles. The minimum atomic E-state index is 0.733. The average molecular weight is 1970 g/mol. The Morgan fingerprint density at radius 3 is 0.667 bits per heavy atom. The van der Waals surface area contributed by atoms with Crippen LogP contribution in [0.1, 0.15) is 0 Å². The van der Waals surface area contributed by atoms with Crippen molar-refractivity contribution in [2.24, 2.45) is 0 Å². The van der Waals surface area contributed by atoms with E-state index >= 15 is 0 Å². The van der Waals surface area contributed by atoms with Crippen LogP contribution in [0.2, 0.25) is 0 Å². The van der Waals surface area contributed by atoms with Gasteiger partial charge in [0.2, 0.25) is 0 Å². The number of hydrogen-bond donors (Lipinski definition) is 0. The monoisotopic (exact) mass is 1970 g/mol. The quantitative estimate of drug-likeness (QED) is 0.102. The molecule has 150 heavy (non-hydrogen) atoms. The molecule has 0 bridgehead atoms. The second-order valence-corrected chi connectivity index (χ2v) is 40.9. The third kappa shape index (κ3) is 15.8. The van der Waals surface area contributed by atoms with Crippen LogP contribution in [0.15, 0.2) is 528 Å². The van der Waals surface area contributed by atoms with Gasteiger partial charge in [-0.25, -0.2) is 29.9 Å². The van der Waals surface area contributed by atoms with E-state index in [0.29, 0.717) is 0 Å². The van der Waals surface area contributed by atoms with Crippen LogP contribution in [0.4, 0.5) is 0 Å². The number of fused-ring (bicyclic) bond motifs is 18. The number of hydrogen-bond acceptors (Lipinski definition) is 9. The minimum absolute atomic E-state index is 0.733. The van der Waals surface area contributed by atoms with E-state index in [4.69, 9.17) is 29.9 Å². The fourth-order valence-corrected chi connectivity index (χ4v) is 25.4. The zero-order valence-electron chi connectivity index (χ0n) is 81.0. The van der Waals surface area contributed by atoms with E-state index in [0.717, 1.165) is 127 Å². The van der Waals surface area contributed by atoms with Crippen LogP contribution in [0.25, 0.3) is 278 Å². The van der Waals surface area contributed by atoms with Crippen molar-refractivity contribution < 1.29 is 0 Å². The Kier molecular flexibility index (Phi) is 22.3. The van der Waals surface area contributed by atoms with Crippen molar-refractivity contribution in [3.8, 4) is 152 Å². The van der Waals surface area contributed by atoms with Crippen molar-refractivity contribution in [3.63, 3.8) is 0 Å². The SMILES string of the molecule is c1ccc(-c2ccc(-c3nc(-c4ccccc4)nc4c3sc3cccc(-c5ccc(-n6c7ccccc7c7ccccc76)cc5)c34)cc2)cc1.c1ccc(-c2ccc3c(c2)c2ccccc2n3-c2ccc(-c3cccc4sc5c(-c6ccccc6)nc(-c6ccccc6)nc5c34)cc2)cc1.c1ccc(-c2nc(-c3ccccc3)c3sc4cccc(-c5ccc(-c6ccc(-n7c8ccccc8c8ccccc87)cc6)cc5)c4c3n2)cc1. The predicted octanol–water partition coefficient (Wildman–Crippen LogP) is 37.8. The molecule has 30 aromatic rings. The molecule has 0 aliphatic heterocycles. The standard InChI is InChI=1S/3C46H29N3S/c1-4-13-30(14-5-1)34-25-28-40-38(29-34)37-19-10-11-21-39(37)49(40)35-26-23-31(24-27-35)36-20-12-22-41-42(36)44-45(50-41)43(32-15-6-2-7-16-32)47-46(48-44)33-17-8-3-9-18-33;1-3-12-33(13-4-1)43-45-44(48-46(47-43)34-14-5-2-6-15-34)42-36(18-11-21-41(42)50-45)32-24-22-30(23-25-32)31-26-28-35(29-27-31)49-39-19-9-7-16-37(39)38-17-8-10-20-40(38)49;1-3-12-30(13-4-1)31-22-24-33(25-23-31)43-45-44(48-46(47-43)34-14-5-2-6-15-34)42-36(18-11-21-41(42)50-45)32-26-28-35(29-27-32)49-39-19-9-7-16-37(39)38-17-8-10-20-40(38)49/h3*1-29H. The zero-order valence-corrected chi connectivity index (χ0v) is 83.4. The summed E-state index contributed by atoms with van der Waals surface area (Å²) in [7, 11) is 0. The predicted molar refractivity (Wildman–Crippen MR) is 633 cm³/mol. The van der Waals surface area contributed by atoms with E-state index in [2.05, 4.69) is 475 Å². The van der Waals surface area contributed by atoms with Crippen LogP contribution in [0.5, 0.6) is 0 Å². The largest absolute Gasteiger partial charge is 0.309 e. The molecule has 0 fully saturated rings. The van der Waals surface area contributed by atoms with Crippen LogP contribution in [-0.4, -0.2) is 43.6 Å². The van der Waals surface area contributed by atoms with Gasteiger partial charge in [-0.15, -0.1) is 34.0 Å².